The summed E-state index contributed by atoms with van der Waals surface area (Å²) in [6, 6.07) is 0. The maximum Gasteiger partial charge on any atom is 0.147 e. The Morgan fingerprint density at radius 2 is 2.40 bits per heavy atom. The Kier molecular flexibility index (Phi) is 2.96. The lowest BCUT2D eigenvalue weighted by molar-refractivity contribution is -0.186. The van der Waals surface area contributed by atoms with Gasteiger partial charge < -0.3 is 9.47 Å². The zero-order valence-corrected chi connectivity index (χ0v) is 6.99. The third-order valence-corrected chi connectivity index (χ3v) is 2.08. The molecule has 0 aromatic rings. The van der Waals surface area contributed by atoms with Crippen LogP contribution in [0.4, 0.5) is 0 Å². The molecule has 1 fully saturated rings. The van der Waals surface area contributed by atoms with Crippen LogP contribution in [-0.4, -0.2) is 24.9 Å². The van der Waals surface area contributed by atoms with Crippen LogP contribution < -0.4 is 0 Å². The number of hydrogen-bond donors (Lipinski definition) is 0. The predicted octanol–water partition coefficient (Wildman–Crippen LogP) is 1.77. The summed E-state index contributed by atoms with van der Waals surface area (Å²) in [5, 5.41) is 0. The van der Waals surface area contributed by atoms with Gasteiger partial charge in [0.05, 0.1) is 12.2 Å². The monoisotopic (exact) mass is 164 g/mol. The van der Waals surface area contributed by atoms with Crippen molar-refractivity contribution in [2.24, 2.45) is 0 Å². The molecule has 0 aromatic heterocycles. The van der Waals surface area contributed by atoms with Gasteiger partial charge in [-0.25, -0.2) is 0 Å². The first-order valence-electron chi connectivity index (χ1n) is 3.54. The van der Waals surface area contributed by atoms with E-state index in [1.807, 2.05) is 0 Å². The van der Waals surface area contributed by atoms with Crippen molar-refractivity contribution in [3.05, 3.63) is 0 Å². The van der Waals surface area contributed by atoms with Gasteiger partial charge in [-0.1, -0.05) is 0 Å². The Hall–Kier alpha value is 0.210. The van der Waals surface area contributed by atoms with Crippen molar-refractivity contribution < 1.29 is 9.47 Å². The second-order valence-corrected chi connectivity index (χ2v) is 3.19. The molecule has 0 amide bonds. The fourth-order valence-corrected chi connectivity index (χ4v) is 1.40. The fourth-order valence-electron chi connectivity index (χ4n) is 1.00. The second-order valence-electron chi connectivity index (χ2n) is 2.81. The van der Waals surface area contributed by atoms with E-state index in [1.54, 1.807) is 0 Å². The van der Waals surface area contributed by atoms with Crippen molar-refractivity contribution in [3.63, 3.8) is 0 Å². The van der Waals surface area contributed by atoms with E-state index >= 15 is 0 Å². The zero-order chi connectivity index (χ0) is 7.45. The van der Waals surface area contributed by atoms with Crippen molar-refractivity contribution in [1.82, 2.24) is 0 Å². The molecular formula is C7H13ClO2. The van der Waals surface area contributed by atoms with Gasteiger partial charge in [0.15, 0.2) is 0 Å². The molecule has 10 heavy (non-hydrogen) atoms. The van der Waals surface area contributed by atoms with E-state index in [0.717, 1.165) is 19.4 Å². The van der Waals surface area contributed by atoms with E-state index in [2.05, 4.69) is 6.92 Å². The van der Waals surface area contributed by atoms with Gasteiger partial charge in [-0.05, 0) is 19.8 Å². The third kappa shape index (κ3) is 2.11. The van der Waals surface area contributed by atoms with Gasteiger partial charge in [-0.3, -0.25) is 0 Å². The van der Waals surface area contributed by atoms with Crippen molar-refractivity contribution in [2.75, 3.05) is 19.3 Å². The highest BCUT2D eigenvalue weighted by Crippen LogP contribution is 2.23. The molecule has 0 aromatic carbocycles. The normalized spacial score (nSPS) is 34.2. The zero-order valence-electron chi connectivity index (χ0n) is 6.23. The average molecular weight is 165 g/mol. The van der Waals surface area contributed by atoms with Gasteiger partial charge >= 0.3 is 0 Å². The molecule has 0 saturated carbocycles. The number of hydrogen-bond acceptors (Lipinski definition) is 2. The SMILES string of the molecule is CC1(CCCl)CCOCO1. The van der Waals surface area contributed by atoms with Crippen molar-refractivity contribution in [2.45, 2.75) is 25.4 Å². The van der Waals surface area contributed by atoms with Crippen LogP contribution in [-0.2, 0) is 9.47 Å². The Labute approximate surface area is 66.5 Å². The van der Waals surface area contributed by atoms with Crippen molar-refractivity contribution in [1.29, 1.82) is 0 Å². The lowest BCUT2D eigenvalue weighted by Gasteiger charge is -2.32. The molecule has 1 unspecified atom stereocenters. The summed E-state index contributed by atoms with van der Waals surface area (Å²) < 4.78 is 10.4. The predicted molar refractivity (Wildman–Crippen MR) is 40.3 cm³/mol. The van der Waals surface area contributed by atoms with Crippen LogP contribution in [0.1, 0.15) is 19.8 Å². The molecule has 0 aliphatic carbocycles. The summed E-state index contributed by atoms with van der Waals surface area (Å²) in [6.45, 7) is 3.30. The van der Waals surface area contributed by atoms with E-state index < -0.39 is 0 Å². The summed E-state index contributed by atoms with van der Waals surface area (Å²) >= 11 is 5.60. The smallest absolute Gasteiger partial charge is 0.147 e. The highest BCUT2D eigenvalue weighted by atomic mass is 35.5. The number of ether oxygens (including phenoxy) is 2. The molecule has 60 valence electrons. The first kappa shape index (κ1) is 8.31. The fraction of sp³-hybridized carbons (Fsp3) is 1.00. The summed E-state index contributed by atoms with van der Waals surface area (Å²) in [7, 11) is 0. The van der Waals surface area contributed by atoms with Gasteiger partial charge in [0.2, 0.25) is 0 Å². The second kappa shape index (κ2) is 3.56. The molecule has 0 radical (unpaired) electrons. The van der Waals surface area contributed by atoms with E-state index in [-0.39, 0.29) is 5.60 Å². The standard InChI is InChI=1S/C7H13ClO2/c1-7(2-4-8)3-5-9-6-10-7/h2-6H2,1H3. The molecule has 1 atom stereocenters. The molecule has 0 spiro atoms. The lowest BCUT2D eigenvalue weighted by Crippen LogP contribution is -2.36. The summed E-state index contributed by atoms with van der Waals surface area (Å²) in [5.74, 6) is 0.663. The number of halogens is 1. The van der Waals surface area contributed by atoms with Gasteiger partial charge in [0.1, 0.15) is 6.79 Å². The summed E-state index contributed by atoms with van der Waals surface area (Å²) in [6.07, 6.45) is 1.87. The Morgan fingerprint density at radius 3 is 2.90 bits per heavy atom. The lowest BCUT2D eigenvalue weighted by atomic mass is 9.99. The first-order chi connectivity index (χ1) is 4.77. The number of rotatable bonds is 2. The molecule has 1 aliphatic heterocycles. The largest absolute Gasteiger partial charge is 0.355 e. The molecule has 0 bridgehead atoms. The Bertz CT molecular complexity index is 94.3. The van der Waals surface area contributed by atoms with Gasteiger partial charge in [-0.15, -0.1) is 11.6 Å². The molecule has 2 nitrogen and oxygen atoms in total. The third-order valence-electron chi connectivity index (χ3n) is 1.89. The quantitative estimate of drug-likeness (QED) is 0.580. The minimum absolute atomic E-state index is 0.0278. The van der Waals surface area contributed by atoms with E-state index in [0.29, 0.717) is 12.7 Å². The molecule has 1 aliphatic rings. The van der Waals surface area contributed by atoms with E-state index in [9.17, 15) is 0 Å². The highest BCUT2D eigenvalue weighted by Gasteiger charge is 2.27. The van der Waals surface area contributed by atoms with Gasteiger partial charge in [0.25, 0.3) is 0 Å². The Morgan fingerprint density at radius 1 is 1.60 bits per heavy atom. The van der Waals surface area contributed by atoms with Crippen LogP contribution >= 0.6 is 11.6 Å². The molecule has 1 rings (SSSR count). The van der Waals surface area contributed by atoms with Crippen LogP contribution in [0.3, 0.4) is 0 Å². The summed E-state index contributed by atoms with van der Waals surface area (Å²) in [5.41, 5.74) is -0.0278. The maximum atomic E-state index is 5.60. The van der Waals surface area contributed by atoms with Gasteiger partial charge in [0, 0.05) is 5.88 Å². The van der Waals surface area contributed by atoms with Crippen LogP contribution in [0, 0.1) is 0 Å². The molecular weight excluding hydrogens is 152 g/mol. The van der Waals surface area contributed by atoms with Crippen LogP contribution in [0.2, 0.25) is 0 Å². The van der Waals surface area contributed by atoms with Crippen molar-refractivity contribution >= 4 is 11.6 Å². The van der Waals surface area contributed by atoms with Gasteiger partial charge in [-0.2, -0.15) is 0 Å². The highest BCUT2D eigenvalue weighted by molar-refractivity contribution is 6.17. The molecule has 0 N–H and O–H groups in total. The number of alkyl halides is 1. The average Bonchev–Trinajstić information content (AvgIpc) is 1.89. The Balaban J connectivity index is 2.32. The minimum atomic E-state index is -0.0278. The van der Waals surface area contributed by atoms with E-state index in [1.165, 1.54) is 0 Å². The minimum Gasteiger partial charge on any atom is -0.355 e. The van der Waals surface area contributed by atoms with Crippen molar-refractivity contribution in [3.8, 4) is 0 Å². The molecule has 1 saturated heterocycles. The molecule has 1 heterocycles. The summed E-state index contributed by atoms with van der Waals surface area (Å²) in [4.78, 5) is 0. The molecule has 3 heteroatoms. The van der Waals surface area contributed by atoms with Crippen LogP contribution in [0.25, 0.3) is 0 Å². The topological polar surface area (TPSA) is 18.5 Å². The first-order valence-corrected chi connectivity index (χ1v) is 4.08. The van der Waals surface area contributed by atoms with Crippen LogP contribution in [0.15, 0.2) is 0 Å². The maximum absolute atomic E-state index is 5.60. The van der Waals surface area contributed by atoms with Crippen LogP contribution in [0.5, 0.6) is 0 Å². The van der Waals surface area contributed by atoms with E-state index in [4.69, 9.17) is 21.1 Å².